The molecule has 1 aliphatic rings. The van der Waals surface area contributed by atoms with Crippen molar-refractivity contribution in [3.8, 4) is 23.0 Å². The van der Waals surface area contributed by atoms with E-state index in [1.807, 2.05) is 36.4 Å². The van der Waals surface area contributed by atoms with Crippen molar-refractivity contribution >= 4 is 27.5 Å². The van der Waals surface area contributed by atoms with Crippen molar-refractivity contribution in [3.05, 3.63) is 46.4 Å². The van der Waals surface area contributed by atoms with Crippen molar-refractivity contribution in [1.29, 1.82) is 0 Å². The van der Waals surface area contributed by atoms with Gasteiger partial charge in [0, 0.05) is 11.9 Å². The van der Waals surface area contributed by atoms with E-state index in [9.17, 15) is 0 Å². The summed E-state index contributed by atoms with van der Waals surface area (Å²) >= 11 is 9.25. The van der Waals surface area contributed by atoms with Gasteiger partial charge in [0.25, 0.3) is 0 Å². The average molecular weight is 342 g/mol. The Labute approximate surface area is 124 Å². The van der Waals surface area contributed by atoms with Crippen molar-refractivity contribution in [2.45, 2.75) is 5.88 Å². The van der Waals surface area contributed by atoms with E-state index in [1.165, 1.54) is 0 Å². The minimum Gasteiger partial charge on any atom is -0.456 e. The van der Waals surface area contributed by atoms with Gasteiger partial charge in [-0.15, -0.1) is 11.6 Å². The monoisotopic (exact) mass is 340 g/mol. The van der Waals surface area contributed by atoms with E-state index in [0.29, 0.717) is 17.4 Å². The fourth-order valence-electron chi connectivity index (χ4n) is 1.78. The molecule has 0 amide bonds. The predicted octanol–water partition coefficient (Wildman–Crippen LogP) is 4.71. The number of hydrogen-bond acceptors (Lipinski definition) is 3. The first-order valence-corrected chi connectivity index (χ1v) is 7.01. The maximum absolute atomic E-state index is 5.81. The van der Waals surface area contributed by atoms with E-state index in [4.69, 9.17) is 25.8 Å². The van der Waals surface area contributed by atoms with Gasteiger partial charge in [0.15, 0.2) is 11.5 Å². The number of alkyl halides is 1. The molecule has 0 radical (unpaired) electrons. The van der Waals surface area contributed by atoms with Crippen LogP contribution in [0.2, 0.25) is 0 Å². The Morgan fingerprint density at radius 1 is 1.11 bits per heavy atom. The highest BCUT2D eigenvalue weighted by molar-refractivity contribution is 9.10. The molecule has 0 atom stereocenters. The molecule has 3 nitrogen and oxygen atoms in total. The predicted molar refractivity (Wildman–Crippen MR) is 76.3 cm³/mol. The van der Waals surface area contributed by atoms with Crippen molar-refractivity contribution in [2.75, 3.05) is 6.79 Å². The van der Waals surface area contributed by atoms with Gasteiger partial charge in [0.2, 0.25) is 6.79 Å². The smallest absolute Gasteiger partial charge is 0.231 e. The second-order valence-corrected chi connectivity index (χ2v) is 5.14. The minimum absolute atomic E-state index is 0.257. The highest BCUT2D eigenvalue weighted by atomic mass is 79.9. The number of rotatable bonds is 3. The van der Waals surface area contributed by atoms with Crippen molar-refractivity contribution in [2.24, 2.45) is 0 Å². The lowest BCUT2D eigenvalue weighted by Gasteiger charge is -2.09. The fraction of sp³-hybridized carbons (Fsp3) is 0.143. The Bertz CT molecular complexity index is 616. The van der Waals surface area contributed by atoms with Gasteiger partial charge in [-0.1, -0.05) is 6.07 Å². The molecule has 98 valence electrons. The zero-order valence-electron chi connectivity index (χ0n) is 9.86. The summed E-state index contributed by atoms with van der Waals surface area (Å²) < 4.78 is 17.2. The van der Waals surface area contributed by atoms with E-state index in [1.54, 1.807) is 0 Å². The fourth-order valence-corrected chi connectivity index (χ4v) is 2.45. The second kappa shape index (κ2) is 5.31. The summed E-state index contributed by atoms with van der Waals surface area (Å²) in [4.78, 5) is 0. The molecule has 1 heterocycles. The molecule has 5 heteroatoms. The lowest BCUT2D eigenvalue weighted by Crippen LogP contribution is -1.92. The average Bonchev–Trinajstić information content (AvgIpc) is 2.88. The second-order valence-electron chi connectivity index (χ2n) is 4.02. The van der Waals surface area contributed by atoms with Crippen LogP contribution in [0.15, 0.2) is 40.9 Å². The number of fused-ring (bicyclic) bond motifs is 1. The third kappa shape index (κ3) is 2.65. The summed E-state index contributed by atoms with van der Waals surface area (Å²) in [7, 11) is 0. The molecule has 0 aromatic heterocycles. The Balaban J connectivity index is 1.85. The zero-order chi connectivity index (χ0) is 13.2. The lowest BCUT2D eigenvalue weighted by molar-refractivity contribution is 0.174. The Morgan fingerprint density at radius 2 is 1.95 bits per heavy atom. The first-order valence-electron chi connectivity index (χ1n) is 5.68. The number of hydrogen-bond donors (Lipinski definition) is 0. The van der Waals surface area contributed by atoms with Crippen LogP contribution < -0.4 is 14.2 Å². The lowest BCUT2D eigenvalue weighted by atomic mass is 10.2. The molecule has 0 unspecified atom stereocenters. The molecule has 2 aromatic carbocycles. The van der Waals surface area contributed by atoms with Gasteiger partial charge in [0.05, 0.1) is 4.47 Å². The Kier molecular flexibility index (Phi) is 3.53. The number of benzene rings is 2. The standard InChI is InChI=1S/C14H10BrClO3/c15-11-5-9(7-16)1-3-12(11)19-10-2-4-13-14(6-10)18-8-17-13/h1-6H,7-8H2. The van der Waals surface area contributed by atoms with Crippen LogP contribution in [0.3, 0.4) is 0 Å². The maximum atomic E-state index is 5.81. The van der Waals surface area contributed by atoms with Gasteiger partial charge < -0.3 is 14.2 Å². The van der Waals surface area contributed by atoms with Gasteiger partial charge in [-0.3, -0.25) is 0 Å². The zero-order valence-corrected chi connectivity index (χ0v) is 12.2. The third-order valence-electron chi connectivity index (χ3n) is 2.72. The highest BCUT2D eigenvalue weighted by Crippen LogP contribution is 2.38. The van der Waals surface area contributed by atoms with Crippen LogP contribution in [-0.2, 0) is 5.88 Å². The first kappa shape index (κ1) is 12.6. The van der Waals surface area contributed by atoms with Crippen LogP contribution >= 0.6 is 27.5 Å². The molecule has 0 spiro atoms. The topological polar surface area (TPSA) is 27.7 Å². The molecule has 0 N–H and O–H groups in total. The summed E-state index contributed by atoms with van der Waals surface area (Å²) in [6.45, 7) is 0.257. The molecule has 2 aromatic rings. The molecule has 0 aliphatic carbocycles. The van der Waals surface area contributed by atoms with E-state index in [2.05, 4.69) is 15.9 Å². The molecule has 0 saturated heterocycles. The summed E-state index contributed by atoms with van der Waals surface area (Å²) in [6.07, 6.45) is 0. The van der Waals surface area contributed by atoms with Crippen molar-refractivity contribution in [3.63, 3.8) is 0 Å². The van der Waals surface area contributed by atoms with Crippen molar-refractivity contribution in [1.82, 2.24) is 0 Å². The van der Waals surface area contributed by atoms with Crippen LogP contribution in [0.1, 0.15) is 5.56 Å². The molecule has 0 saturated carbocycles. The van der Waals surface area contributed by atoms with Crippen molar-refractivity contribution < 1.29 is 14.2 Å². The molecule has 0 bridgehead atoms. The van der Waals surface area contributed by atoms with Gasteiger partial charge in [0.1, 0.15) is 11.5 Å². The number of halogens is 2. The Hall–Kier alpha value is -1.39. The van der Waals surface area contributed by atoms with Gasteiger partial charge in [-0.25, -0.2) is 0 Å². The van der Waals surface area contributed by atoms with E-state index < -0.39 is 0 Å². The first-order chi connectivity index (χ1) is 9.26. The third-order valence-corrected chi connectivity index (χ3v) is 3.65. The summed E-state index contributed by atoms with van der Waals surface area (Å²) in [5.41, 5.74) is 1.03. The van der Waals surface area contributed by atoms with Crippen LogP contribution in [0.5, 0.6) is 23.0 Å². The van der Waals surface area contributed by atoms with Crippen LogP contribution in [0.4, 0.5) is 0 Å². The largest absolute Gasteiger partial charge is 0.456 e. The summed E-state index contributed by atoms with van der Waals surface area (Å²) in [5, 5.41) is 0. The summed E-state index contributed by atoms with van der Waals surface area (Å²) in [5.74, 6) is 3.34. The number of ether oxygens (including phenoxy) is 3. The summed E-state index contributed by atoms with van der Waals surface area (Å²) in [6, 6.07) is 11.2. The van der Waals surface area contributed by atoms with E-state index in [-0.39, 0.29) is 6.79 Å². The Morgan fingerprint density at radius 3 is 2.74 bits per heavy atom. The quantitative estimate of drug-likeness (QED) is 0.757. The maximum Gasteiger partial charge on any atom is 0.231 e. The molecule has 3 rings (SSSR count). The molecular formula is C14H10BrClO3. The normalized spacial score (nSPS) is 12.5. The van der Waals surface area contributed by atoms with Gasteiger partial charge in [-0.05, 0) is 45.8 Å². The molecular weight excluding hydrogens is 332 g/mol. The minimum atomic E-state index is 0.257. The highest BCUT2D eigenvalue weighted by Gasteiger charge is 2.14. The molecule has 1 aliphatic heterocycles. The molecule has 19 heavy (non-hydrogen) atoms. The van der Waals surface area contributed by atoms with E-state index >= 15 is 0 Å². The van der Waals surface area contributed by atoms with Gasteiger partial charge >= 0.3 is 0 Å². The van der Waals surface area contributed by atoms with E-state index in [0.717, 1.165) is 21.5 Å². The van der Waals surface area contributed by atoms with Gasteiger partial charge in [-0.2, -0.15) is 0 Å². The van der Waals surface area contributed by atoms with Crippen LogP contribution in [0, 0.1) is 0 Å². The van der Waals surface area contributed by atoms with Crippen LogP contribution in [0.25, 0.3) is 0 Å². The SMILES string of the molecule is ClCc1ccc(Oc2ccc3c(c2)OCO3)c(Br)c1. The molecule has 0 fully saturated rings. The van der Waals surface area contributed by atoms with Crippen LogP contribution in [-0.4, -0.2) is 6.79 Å².